The van der Waals surface area contributed by atoms with Crippen LogP contribution in [0.3, 0.4) is 0 Å². The van der Waals surface area contributed by atoms with Crippen molar-refractivity contribution in [1.82, 2.24) is 24.5 Å². The molecule has 1 fully saturated rings. The van der Waals surface area contributed by atoms with Crippen molar-refractivity contribution in [3.05, 3.63) is 46.9 Å². The van der Waals surface area contributed by atoms with Crippen LogP contribution in [0.5, 0.6) is 5.75 Å². The Morgan fingerprint density at radius 2 is 2.10 bits per heavy atom. The third-order valence-electron chi connectivity index (χ3n) is 6.01. The standard InChI is InChI=1S/C20H17FN6O2/c1-9-10-8-26(2)13-3-5-22-12-7-11(21)19(24-15(12)13)27-16-14(29-17(9)10)4-6-23-18(16)25-20(27)28/h3-7,9-10,17H,8H2,1-2H3,(H,23,25,28)/t9-,10?,17?/m1/s1. The minimum Gasteiger partial charge on any atom is -0.487 e. The highest BCUT2D eigenvalue weighted by Gasteiger charge is 2.50. The zero-order chi connectivity index (χ0) is 19.9. The predicted molar refractivity (Wildman–Crippen MR) is 105 cm³/mol. The van der Waals surface area contributed by atoms with Crippen LogP contribution in [0.15, 0.2) is 35.4 Å². The number of hydrogen-bond donors (Lipinski definition) is 1. The Balaban J connectivity index is 1.75. The molecule has 6 rings (SSSR count). The summed E-state index contributed by atoms with van der Waals surface area (Å²) < 4.78 is 22.5. The largest absolute Gasteiger partial charge is 0.487 e. The van der Waals surface area contributed by atoms with Gasteiger partial charge in [-0.2, -0.15) is 0 Å². The number of nitrogens with one attached hydrogen (secondary N) is 1. The first-order chi connectivity index (χ1) is 14.0. The van der Waals surface area contributed by atoms with Crippen LogP contribution in [-0.4, -0.2) is 44.2 Å². The molecule has 9 heteroatoms. The van der Waals surface area contributed by atoms with E-state index in [9.17, 15) is 4.79 Å². The quantitative estimate of drug-likeness (QED) is 0.494. The van der Waals surface area contributed by atoms with Gasteiger partial charge in [0, 0.05) is 50.0 Å². The molecule has 0 spiro atoms. The van der Waals surface area contributed by atoms with Gasteiger partial charge in [-0.25, -0.2) is 23.7 Å². The van der Waals surface area contributed by atoms with Gasteiger partial charge in [-0.15, -0.1) is 0 Å². The number of imidazole rings is 1. The van der Waals surface area contributed by atoms with Gasteiger partial charge in [0.15, 0.2) is 17.3 Å². The zero-order valence-electron chi connectivity index (χ0n) is 15.8. The maximum absolute atomic E-state index is 15.1. The lowest BCUT2D eigenvalue weighted by atomic mass is 10.2. The number of fused-ring (bicyclic) bond motifs is 3. The molecule has 0 amide bonds. The molecule has 0 saturated heterocycles. The molecule has 0 radical (unpaired) electrons. The molecule has 8 nitrogen and oxygen atoms in total. The van der Waals surface area contributed by atoms with Gasteiger partial charge in [-0.1, -0.05) is 6.92 Å². The van der Waals surface area contributed by atoms with E-state index in [2.05, 4.69) is 31.8 Å². The number of pyridine rings is 3. The summed E-state index contributed by atoms with van der Waals surface area (Å²) in [7, 11) is 1.98. The molecule has 2 unspecified atom stereocenters. The SMILES string of the molecule is C[C@@H]1C2CN(C)c3ccnc4cc(F)c(nc34)-n3c(=O)[nH]c4nccc(c43)OC21. The van der Waals surface area contributed by atoms with E-state index in [-0.39, 0.29) is 11.9 Å². The fraction of sp³-hybridized carbons (Fsp3) is 0.300. The number of ether oxygens (including phenoxy) is 1. The van der Waals surface area contributed by atoms with Crippen molar-refractivity contribution in [2.45, 2.75) is 13.0 Å². The highest BCUT2D eigenvalue weighted by atomic mass is 19.1. The van der Waals surface area contributed by atoms with Gasteiger partial charge < -0.3 is 9.64 Å². The van der Waals surface area contributed by atoms with Gasteiger partial charge in [-0.3, -0.25) is 9.97 Å². The summed E-state index contributed by atoms with van der Waals surface area (Å²) in [4.78, 5) is 30.5. The molecule has 1 aliphatic carbocycles. The normalized spacial score (nSPS) is 22.9. The monoisotopic (exact) mass is 392 g/mol. The van der Waals surface area contributed by atoms with Crippen LogP contribution in [0.25, 0.3) is 28.0 Å². The van der Waals surface area contributed by atoms with Crippen LogP contribution < -0.4 is 15.3 Å². The Hall–Kier alpha value is -3.49. The lowest BCUT2D eigenvalue weighted by Gasteiger charge is -2.21. The molecule has 29 heavy (non-hydrogen) atoms. The molecule has 1 N–H and O–H groups in total. The molecular weight excluding hydrogens is 375 g/mol. The van der Waals surface area contributed by atoms with Crippen LogP contribution >= 0.6 is 0 Å². The van der Waals surface area contributed by atoms with Crippen LogP contribution in [0, 0.1) is 17.7 Å². The first-order valence-corrected chi connectivity index (χ1v) is 9.46. The van der Waals surface area contributed by atoms with Gasteiger partial charge >= 0.3 is 5.69 Å². The molecule has 5 heterocycles. The van der Waals surface area contributed by atoms with Crippen molar-refractivity contribution in [3.63, 3.8) is 0 Å². The van der Waals surface area contributed by atoms with Crippen molar-refractivity contribution in [2.24, 2.45) is 11.8 Å². The smallest absolute Gasteiger partial charge is 0.333 e. The summed E-state index contributed by atoms with van der Waals surface area (Å²) in [6.45, 7) is 2.92. The van der Waals surface area contributed by atoms with E-state index in [1.54, 1.807) is 18.5 Å². The first kappa shape index (κ1) is 16.5. The van der Waals surface area contributed by atoms with Gasteiger partial charge in [0.05, 0.1) is 11.2 Å². The summed E-state index contributed by atoms with van der Waals surface area (Å²) >= 11 is 0. The Morgan fingerprint density at radius 1 is 1.28 bits per heavy atom. The van der Waals surface area contributed by atoms with E-state index in [1.807, 2.05) is 13.1 Å². The van der Waals surface area contributed by atoms with Crippen molar-refractivity contribution in [1.29, 1.82) is 0 Å². The lowest BCUT2D eigenvalue weighted by molar-refractivity contribution is 0.278. The average molecular weight is 392 g/mol. The van der Waals surface area contributed by atoms with E-state index in [0.29, 0.717) is 39.8 Å². The van der Waals surface area contributed by atoms with Gasteiger partial charge in [0.25, 0.3) is 0 Å². The highest BCUT2D eigenvalue weighted by Crippen LogP contribution is 2.44. The lowest BCUT2D eigenvalue weighted by Crippen LogP contribution is -2.24. The molecule has 4 aromatic rings. The van der Waals surface area contributed by atoms with Crippen LogP contribution in [0.1, 0.15) is 6.92 Å². The van der Waals surface area contributed by atoms with Crippen LogP contribution in [0.2, 0.25) is 0 Å². The highest BCUT2D eigenvalue weighted by molar-refractivity contribution is 5.89. The van der Waals surface area contributed by atoms with Crippen LogP contribution in [0.4, 0.5) is 10.1 Å². The number of rotatable bonds is 0. The van der Waals surface area contributed by atoms with E-state index >= 15 is 4.39 Å². The molecule has 2 bridgehead atoms. The molecule has 0 aromatic carbocycles. The van der Waals surface area contributed by atoms with Gasteiger partial charge in [-0.05, 0) is 6.07 Å². The number of aromatic amines is 1. The third-order valence-corrected chi connectivity index (χ3v) is 6.01. The Bertz CT molecular complexity index is 1360. The topological polar surface area (TPSA) is 88.9 Å². The average Bonchev–Trinajstić information content (AvgIpc) is 3.14. The van der Waals surface area contributed by atoms with Crippen LogP contribution in [-0.2, 0) is 0 Å². The Kier molecular flexibility index (Phi) is 3.14. The van der Waals surface area contributed by atoms with Crippen molar-refractivity contribution in [2.75, 3.05) is 18.5 Å². The first-order valence-electron chi connectivity index (χ1n) is 9.46. The Labute approximate surface area is 164 Å². The Morgan fingerprint density at radius 3 is 2.97 bits per heavy atom. The fourth-order valence-corrected chi connectivity index (χ4v) is 4.32. The minimum atomic E-state index is -0.641. The molecule has 1 aliphatic heterocycles. The number of aromatic nitrogens is 5. The molecule has 3 atom stereocenters. The van der Waals surface area contributed by atoms with E-state index in [4.69, 9.17) is 4.74 Å². The van der Waals surface area contributed by atoms with E-state index in [1.165, 1.54) is 10.6 Å². The second kappa shape index (κ2) is 5.53. The molecule has 4 aromatic heterocycles. The summed E-state index contributed by atoms with van der Waals surface area (Å²) in [5.41, 5.74) is 2.02. The number of anilines is 1. The number of halogens is 1. The van der Waals surface area contributed by atoms with Crippen molar-refractivity contribution < 1.29 is 9.13 Å². The molecule has 146 valence electrons. The number of H-pyrrole nitrogens is 1. The maximum Gasteiger partial charge on any atom is 0.333 e. The predicted octanol–water partition coefficient (Wildman–Crippen LogP) is 2.26. The zero-order valence-corrected chi connectivity index (χ0v) is 15.8. The number of nitrogens with zero attached hydrogens (tertiary/aromatic N) is 5. The molecule has 2 aliphatic rings. The van der Waals surface area contributed by atoms with Gasteiger partial charge in [0.2, 0.25) is 0 Å². The minimum absolute atomic E-state index is 0.00871. The van der Waals surface area contributed by atoms with E-state index in [0.717, 1.165) is 12.2 Å². The fourth-order valence-electron chi connectivity index (χ4n) is 4.32. The van der Waals surface area contributed by atoms with E-state index < -0.39 is 11.5 Å². The van der Waals surface area contributed by atoms with Gasteiger partial charge in [0.1, 0.15) is 22.9 Å². The molecule has 1 saturated carbocycles. The number of hydrogen-bond acceptors (Lipinski definition) is 6. The second-order valence-corrected chi connectivity index (χ2v) is 7.75. The van der Waals surface area contributed by atoms with Crippen molar-refractivity contribution in [3.8, 4) is 11.6 Å². The third kappa shape index (κ3) is 2.24. The van der Waals surface area contributed by atoms with Crippen molar-refractivity contribution >= 4 is 27.9 Å². The summed E-state index contributed by atoms with van der Waals surface area (Å²) in [6, 6.07) is 4.87. The molecular formula is C20H17FN6O2. The second-order valence-electron chi connectivity index (χ2n) is 7.75. The summed E-state index contributed by atoms with van der Waals surface area (Å²) in [6.07, 6.45) is 3.23. The maximum atomic E-state index is 15.1. The summed E-state index contributed by atoms with van der Waals surface area (Å²) in [5.74, 6) is 0.423. The summed E-state index contributed by atoms with van der Waals surface area (Å²) in [5, 5.41) is 0.